The van der Waals surface area contributed by atoms with Crippen molar-refractivity contribution in [2.45, 2.75) is 44.7 Å². The van der Waals surface area contributed by atoms with E-state index in [1.165, 1.54) is 12.3 Å². The minimum absolute atomic E-state index is 0.0479. The predicted molar refractivity (Wildman–Crippen MR) is 203 cm³/mol. The van der Waals surface area contributed by atoms with Gasteiger partial charge < -0.3 is 14.7 Å². The molecule has 4 aliphatic heterocycles. The maximum atomic E-state index is 15.6. The average molecular weight is 779 g/mol. The van der Waals surface area contributed by atoms with Crippen LogP contribution in [0, 0.1) is 11.7 Å². The SMILES string of the molecule is O=C1CCC(N2C(=O)c3ccc(N4CCN(C(=O)CC5CCN(c6ncc(-c7ccc8c9cnccc9n(C(F)F)c8c7)cc6F)CC5)CC4)cc3C2=O)C(=O)N1. The summed E-state index contributed by atoms with van der Waals surface area (Å²) in [5.74, 6) is -2.32. The number of anilines is 2. The number of piperazine rings is 1. The predicted octanol–water partition coefficient (Wildman–Crippen LogP) is 5.14. The third kappa shape index (κ3) is 6.42. The van der Waals surface area contributed by atoms with Crippen LogP contribution >= 0.6 is 0 Å². The summed E-state index contributed by atoms with van der Waals surface area (Å²) in [5.41, 5.74) is 2.90. The lowest BCUT2D eigenvalue weighted by Crippen LogP contribution is -2.54. The van der Waals surface area contributed by atoms with E-state index in [0.29, 0.717) is 91.5 Å². The fraction of sp³-hybridized carbons (Fsp3) is 0.341. The van der Waals surface area contributed by atoms with Gasteiger partial charge in [0.1, 0.15) is 6.04 Å². The zero-order valence-electron chi connectivity index (χ0n) is 30.7. The van der Waals surface area contributed by atoms with Gasteiger partial charge in [-0.3, -0.25) is 43.7 Å². The number of fused-ring (bicyclic) bond motifs is 4. The maximum Gasteiger partial charge on any atom is 0.319 e. The number of pyridine rings is 2. The molecule has 0 aliphatic carbocycles. The first kappa shape index (κ1) is 36.3. The van der Waals surface area contributed by atoms with E-state index in [4.69, 9.17) is 0 Å². The van der Waals surface area contributed by atoms with Crippen molar-refractivity contribution in [2.75, 3.05) is 49.1 Å². The molecule has 7 heterocycles. The van der Waals surface area contributed by atoms with E-state index in [9.17, 15) is 32.8 Å². The molecule has 4 aliphatic rings. The van der Waals surface area contributed by atoms with Crippen molar-refractivity contribution < 1.29 is 37.1 Å². The second kappa shape index (κ2) is 14.3. The van der Waals surface area contributed by atoms with Gasteiger partial charge in [-0.05, 0) is 67.1 Å². The van der Waals surface area contributed by atoms with Crippen molar-refractivity contribution in [3.63, 3.8) is 0 Å². The molecule has 9 rings (SSSR count). The van der Waals surface area contributed by atoms with Crippen LogP contribution in [0.3, 0.4) is 0 Å². The highest BCUT2D eigenvalue weighted by molar-refractivity contribution is 6.23. The van der Waals surface area contributed by atoms with Crippen LogP contribution in [0.5, 0.6) is 0 Å². The van der Waals surface area contributed by atoms with Crippen molar-refractivity contribution in [1.82, 2.24) is 29.7 Å². The van der Waals surface area contributed by atoms with E-state index in [1.807, 2.05) is 9.80 Å². The molecule has 13 nitrogen and oxygen atoms in total. The fourth-order valence-electron chi connectivity index (χ4n) is 8.70. The summed E-state index contributed by atoms with van der Waals surface area (Å²) in [5, 5.41) is 3.45. The molecule has 1 unspecified atom stereocenters. The topological polar surface area (TPSA) is 141 Å². The number of benzene rings is 2. The molecule has 292 valence electrons. The van der Waals surface area contributed by atoms with Gasteiger partial charge in [0.15, 0.2) is 11.6 Å². The molecule has 0 bridgehead atoms. The number of hydrogen-bond donors (Lipinski definition) is 1. The molecule has 5 aromatic rings. The van der Waals surface area contributed by atoms with Gasteiger partial charge in [-0.2, -0.15) is 8.78 Å². The first-order valence-corrected chi connectivity index (χ1v) is 19.0. The minimum atomic E-state index is -2.77. The molecule has 2 aromatic carbocycles. The molecule has 1 atom stereocenters. The average Bonchev–Trinajstić information content (AvgIpc) is 3.68. The number of rotatable bonds is 7. The molecule has 0 spiro atoms. The molecular weight excluding hydrogens is 741 g/mol. The van der Waals surface area contributed by atoms with E-state index < -0.39 is 42.0 Å². The highest BCUT2D eigenvalue weighted by Crippen LogP contribution is 2.36. The summed E-state index contributed by atoms with van der Waals surface area (Å²) < 4.78 is 44.8. The van der Waals surface area contributed by atoms with Gasteiger partial charge in [0.05, 0.1) is 22.2 Å². The third-order valence-corrected chi connectivity index (χ3v) is 11.8. The van der Waals surface area contributed by atoms with Gasteiger partial charge >= 0.3 is 6.55 Å². The highest BCUT2D eigenvalue weighted by atomic mass is 19.3. The number of halogens is 3. The van der Waals surface area contributed by atoms with Crippen molar-refractivity contribution in [1.29, 1.82) is 0 Å². The number of amides is 5. The molecule has 16 heteroatoms. The van der Waals surface area contributed by atoms with E-state index in [2.05, 4.69) is 20.2 Å². The van der Waals surface area contributed by atoms with Crippen molar-refractivity contribution in [2.24, 2.45) is 5.92 Å². The van der Waals surface area contributed by atoms with E-state index in [0.717, 1.165) is 15.2 Å². The number of carbonyl (C=O) groups is 5. The number of aromatic nitrogens is 3. The Morgan fingerprint density at radius 3 is 2.30 bits per heavy atom. The lowest BCUT2D eigenvalue weighted by atomic mass is 9.92. The Bertz CT molecular complexity index is 2490. The van der Waals surface area contributed by atoms with Crippen molar-refractivity contribution in [3.05, 3.63) is 84.1 Å². The van der Waals surface area contributed by atoms with Crippen LogP contribution in [-0.4, -0.2) is 99.2 Å². The summed E-state index contributed by atoms with van der Waals surface area (Å²) >= 11 is 0. The largest absolute Gasteiger partial charge is 0.368 e. The second-order valence-electron chi connectivity index (χ2n) is 15.0. The van der Waals surface area contributed by atoms with Crippen LogP contribution in [0.15, 0.2) is 67.1 Å². The zero-order chi connectivity index (χ0) is 39.5. The Morgan fingerprint density at radius 2 is 1.56 bits per heavy atom. The monoisotopic (exact) mass is 778 g/mol. The van der Waals surface area contributed by atoms with Crippen LogP contribution < -0.4 is 15.1 Å². The van der Waals surface area contributed by atoms with Crippen LogP contribution in [0.4, 0.5) is 24.7 Å². The van der Waals surface area contributed by atoms with E-state index in [-0.39, 0.29) is 41.6 Å². The Balaban J connectivity index is 0.786. The smallest absolute Gasteiger partial charge is 0.319 e. The van der Waals surface area contributed by atoms with Crippen LogP contribution in [0.1, 0.15) is 59.4 Å². The standard InChI is InChI=1S/C41H37F3N8O5/c42-31-18-25(24-1-3-27-30-22-45-10-7-32(30)51(41(43)44)34(27)19-24)21-46-37(31)50-11-8-23(9-12-50)17-36(54)49-15-13-48(14-16-49)26-2-4-28-29(20-26)40(57)52(39(28)56)33-5-6-35(53)47-38(33)55/h1-4,7,10,18-23,33,41H,5-6,8-9,11-17H2,(H,47,53,55). The van der Waals surface area contributed by atoms with Gasteiger partial charge in [-0.25, -0.2) is 9.37 Å². The number of carbonyl (C=O) groups excluding carboxylic acids is 5. The summed E-state index contributed by atoms with van der Waals surface area (Å²) in [7, 11) is 0. The molecule has 3 fully saturated rings. The Morgan fingerprint density at radius 1 is 0.789 bits per heavy atom. The summed E-state index contributed by atoms with van der Waals surface area (Å²) in [6.45, 7) is 0.333. The molecule has 3 saturated heterocycles. The van der Waals surface area contributed by atoms with Gasteiger partial charge in [0.2, 0.25) is 17.7 Å². The van der Waals surface area contributed by atoms with Gasteiger partial charge in [0, 0.05) is 92.7 Å². The lowest BCUT2D eigenvalue weighted by Gasteiger charge is -2.38. The molecule has 3 aromatic heterocycles. The number of imide groups is 2. The number of hydrogen-bond acceptors (Lipinski definition) is 9. The van der Waals surface area contributed by atoms with Crippen LogP contribution in [-0.2, 0) is 14.4 Å². The molecule has 5 amide bonds. The highest BCUT2D eigenvalue weighted by Gasteiger charge is 2.45. The van der Waals surface area contributed by atoms with Crippen molar-refractivity contribution >= 4 is 62.8 Å². The number of nitrogens with zero attached hydrogens (tertiary/aromatic N) is 7. The minimum Gasteiger partial charge on any atom is -0.368 e. The normalized spacial score (nSPS) is 19.3. The lowest BCUT2D eigenvalue weighted by molar-refractivity contribution is -0.136. The van der Waals surface area contributed by atoms with Crippen LogP contribution in [0.2, 0.25) is 0 Å². The van der Waals surface area contributed by atoms with Gasteiger partial charge in [-0.15, -0.1) is 0 Å². The summed E-state index contributed by atoms with van der Waals surface area (Å²) in [4.78, 5) is 79.0. The molecule has 1 N–H and O–H groups in total. The maximum absolute atomic E-state index is 15.6. The number of piperidine rings is 2. The second-order valence-corrected chi connectivity index (χ2v) is 15.0. The summed E-state index contributed by atoms with van der Waals surface area (Å²) in [6, 6.07) is 12.0. The fourth-order valence-corrected chi connectivity index (χ4v) is 8.70. The Kier molecular flexibility index (Phi) is 9.12. The number of nitrogens with one attached hydrogen (secondary N) is 1. The van der Waals surface area contributed by atoms with E-state index >= 15 is 4.39 Å². The molecule has 0 saturated carbocycles. The van der Waals surface area contributed by atoms with Crippen LogP contribution in [0.25, 0.3) is 32.9 Å². The first-order valence-electron chi connectivity index (χ1n) is 19.0. The van der Waals surface area contributed by atoms with Gasteiger partial charge in [-0.1, -0.05) is 12.1 Å². The van der Waals surface area contributed by atoms with E-state index in [1.54, 1.807) is 54.9 Å². The Labute approximate surface area is 324 Å². The molecule has 0 radical (unpaired) electrons. The molecule has 57 heavy (non-hydrogen) atoms. The quantitative estimate of drug-likeness (QED) is 0.223. The number of alkyl halides is 2. The summed E-state index contributed by atoms with van der Waals surface area (Å²) in [6.07, 6.45) is 6.48. The van der Waals surface area contributed by atoms with Gasteiger partial charge in [0.25, 0.3) is 11.8 Å². The third-order valence-electron chi connectivity index (χ3n) is 11.8. The Hall–Kier alpha value is -6.32. The first-order chi connectivity index (χ1) is 27.5. The molecular formula is C41H37F3N8O5. The zero-order valence-corrected chi connectivity index (χ0v) is 30.7. The van der Waals surface area contributed by atoms with Crippen molar-refractivity contribution in [3.8, 4) is 11.1 Å².